The Hall–Kier alpha value is -0.900. The zero-order chi connectivity index (χ0) is 13.0. The molecule has 1 rings (SSSR count). The largest absolute Gasteiger partial charge is 0.339 e. The Morgan fingerprint density at radius 2 is 2.12 bits per heavy atom. The number of hydrogen-bond donors (Lipinski definition) is 0. The van der Waals surface area contributed by atoms with E-state index in [1.807, 2.05) is 6.92 Å². The van der Waals surface area contributed by atoms with Gasteiger partial charge in [-0.05, 0) is 47.0 Å². The molecule has 94 valence electrons. The molecule has 0 heterocycles. The monoisotopic (exact) mass is 301 g/mol. The van der Waals surface area contributed by atoms with Crippen LogP contribution in [0.25, 0.3) is 0 Å². The van der Waals surface area contributed by atoms with Crippen molar-refractivity contribution in [2.45, 2.75) is 20.8 Å². The van der Waals surface area contributed by atoms with Gasteiger partial charge in [0.1, 0.15) is 5.82 Å². The fourth-order valence-corrected chi connectivity index (χ4v) is 2.04. The molecular formula is C13H17BrFNO. The molecule has 0 aliphatic carbocycles. The van der Waals surface area contributed by atoms with Crippen molar-refractivity contribution in [3.8, 4) is 0 Å². The minimum atomic E-state index is -0.392. The zero-order valence-corrected chi connectivity index (χ0v) is 11.9. The lowest BCUT2D eigenvalue weighted by atomic mass is 10.1. The maximum atomic E-state index is 13.1. The van der Waals surface area contributed by atoms with Gasteiger partial charge in [-0.3, -0.25) is 4.79 Å². The van der Waals surface area contributed by atoms with Crippen molar-refractivity contribution in [1.29, 1.82) is 0 Å². The number of carbonyl (C=O) groups excluding carboxylic acids is 1. The van der Waals surface area contributed by atoms with Gasteiger partial charge >= 0.3 is 0 Å². The molecule has 0 aromatic heterocycles. The topological polar surface area (TPSA) is 20.3 Å². The highest BCUT2D eigenvalue weighted by Crippen LogP contribution is 2.20. The zero-order valence-electron chi connectivity index (χ0n) is 10.3. The Balaban J connectivity index is 2.97. The van der Waals surface area contributed by atoms with E-state index >= 15 is 0 Å². The maximum Gasteiger partial charge on any atom is 0.255 e. The van der Waals surface area contributed by atoms with Crippen molar-refractivity contribution in [3.63, 3.8) is 0 Å². The van der Waals surface area contributed by atoms with E-state index in [0.29, 0.717) is 29.0 Å². The summed E-state index contributed by atoms with van der Waals surface area (Å²) in [4.78, 5) is 13.9. The molecule has 1 aromatic carbocycles. The highest BCUT2D eigenvalue weighted by molar-refractivity contribution is 9.10. The summed E-state index contributed by atoms with van der Waals surface area (Å²) < 4.78 is 13.8. The Bertz CT molecular complexity index is 406. The summed E-state index contributed by atoms with van der Waals surface area (Å²) in [5.74, 6) is -0.129. The van der Waals surface area contributed by atoms with Crippen LogP contribution in [0.3, 0.4) is 0 Å². The Morgan fingerprint density at radius 3 is 2.65 bits per heavy atom. The van der Waals surface area contributed by atoms with E-state index < -0.39 is 5.82 Å². The van der Waals surface area contributed by atoms with E-state index in [4.69, 9.17) is 0 Å². The highest BCUT2D eigenvalue weighted by Gasteiger charge is 2.18. The van der Waals surface area contributed by atoms with Crippen LogP contribution in [0.1, 0.15) is 31.1 Å². The van der Waals surface area contributed by atoms with E-state index in [0.717, 1.165) is 0 Å². The average Bonchev–Trinajstić information content (AvgIpc) is 2.28. The number of carbonyl (C=O) groups is 1. The molecule has 0 aliphatic heterocycles. The third kappa shape index (κ3) is 3.80. The van der Waals surface area contributed by atoms with E-state index in [2.05, 4.69) is 29.8 Å². The number of nitrogens with zero attached hydrogens (tertiary/aromatic N) is 1. The van der Waals surface area contributed by atoms with Crippen molar-refractivity contribution in [2.75, 3.05) is 13.1 Å². The quantitative estimate of drug-likeness (QED) is 0.830. The van der Waals surface area contributed by atoms with Crippen LogP contribution in [0.15, 0.2) is 22.7 Å². The number of hydrogen-bond acceptors (Lipinski definition) is 1. The predicted molar refractivity (Wildman–Crippen MR) is 70.5 cm³/mol. The molecule has 0 saturated heterocycles. The molecule has 0 fully saturated rings. The molecule has 0 atom stereocenters. The lowest BCUT2D eigenvalue weighted by Crippen LogP contribution is -2.34. The molecule has 4 heteroatoms. The lowest BCUT2D eigenvalue weighted by molar-refractivity contribution is 0.0744. The average molecular weight is 302 g/mol. The second kappa shape index (κ2) is 6.15. The summed E-state index contributed by atoms with van der Waals surface area (Å²) in [5, 5.41) is 0. The molecule has 0 N–H and O–H groups in total. The number of benzene rings is 1. The van der Waals surface area contributed by atoms with Crippen molar-refractivity contribution < 1.29 is 9.18 Å². The van der Waals surface area contributed by atoms with Gasteiger partial charge in [-0.25, -0.2) is 4.39 Å². The first-order valence-electron chi connectivity index (χ1n) is 5.70. The standard InChI is InChI=1S/C13H17BrFNO/c1-4-16(8-9(2)3)13(17)11-7-10(15)5-6-12(11)14/h5-7,9H,4,8H2,1-3H3. The molecule has 0 aliphatic rings. The summed E-state index contributed by atoms with van der Waals surface area (Å²) in [6, 6.07) is 4.17. The third-order valence-corrected chi connectivity index (χ3v) is 3.10. The van der Waals surface area contributed by atoms with Crippen LogP contribution >= 0.6 is 15.9 Å². The van der Waals surface area contributed by atoms with Gasteiger partial charge in [0.05, 0.1) is 5.56 Å². The molecule has 2 nitrogen and oxygen atoms in total. The number of halogens is 2. The van der Waals surface area contributed by atoms with Crippen molar-refractivity contribution in [3.05, 3.63) is 34.1 Å². The molecule has 17 heavy (non-hydrogen) atoms. The Morgan fingerprint density at radius 1 is 1.47 bits per heavy atom. The SMILES string of the molecule is CCN(CC(C)C)C(=O)c1cc(F)ccc1Br. The van der Waals surface area contributed by atoms with E-state index in [1.165, 1.54) is 12.1 Å². The highest BCUT2D eigenvalue weighted by atomic mass is 79.9. The molecule has 0 radical (unpaired) electrons. The fraction of sp³-hybridized carbons (Fsp3) is 0.462. The second-order valence-corrected chi connectivity index (χ2v) is 5.22. The van der Waals surface area contributed by atoms with E-state index in [1.54, 1.807) is 11.0 Å². The lowest BCUT2D eigenvalue weighted by Gasteiger charge is -2.23. The van der Waals surface area contributed by atoms with Crippen LogP contribution in [0.2, 0.25) is 0 Å². The minimum absolute atomic E-state index is 0.132. The smallest absolute Gasteiger partial charge is 0.255 e. The first-order chi connectivity index (χ1) is 7.95. The van der Waals surface area contributed by atoms with Gasteiger partial charge < -0.3 is 4.90 Å². The Kier molecular flexibility index (Phi) is 5.12. The van der Waals surface area contributed by atoms with Gasteiger partial charge in [-0.15, -0.1) is 0 Å². The van der Waals surface area contributed by atoms with E-state index in [-0.39, 0.29) is 5.91 Å². The summed E-state index contributed by atoms with van der Waals surface area (Å²) in [6.45, 7) is 7.33. The molecule has 0 spiro atoms. The van der Waals surface area contributed by atoms with Crippen LogP contribution in [-0.4, -0.2) is 23.9 Å². The molecule has 0 bridgehead atoms. The molecule has 1 amide bonds. The first-order valence-corrected chi connectivity index (χ1v) is 6.49. The van der Waals surface area contributed by atoms with Gasteiger partial charge in [0, 0.05) is 17.6 Å². The molecule has 0 saturated carbocycles. The minimum Gasteiger partial charge on any atom is -0.339 e. The van der Waals surface area contributed by atoms with Crippen LogP contribution in [0.5, 0.6) is 0 Å². The van der Waals surface area contributed by atoms with Crippen molar-refractivity contribution in [2.24, 2.45) is 5.92 Å². The summed E-state index contributed by atoms with van der Waals surface area (Å²) in [5.41, 5.74) is 0.382. The van der Waals surface area contributed by atoms with Crippen molar-refractivity contribution in [1.82, 2.24) is 4.90 Å². The third-order valence-electron chi connectivity index (χ3n) is 2.41. The fourth-order valence-electron chi connectivity index (χ4n) is 1.63. The van der Waals surface area contributed by atoms with Crippen molar-refractivity contribution >= 4 is 21.8 Å². The van der Waals surface area contributed by atoms with Crippen LogP contribution in [0, 0.1) is 11.7 Å². The first kappa shape index (κ1) is 14.2. The van der Waals surface area contributed by atoms with Gasteiger partial charge in [0.2, 0.25) is 0 Å². The number of amides is 1. The molecule has 0 unspecified atom stereocenters. The van der Waals surface area contributed by atoms with Gasteiger partial charge in [0.25, 0.3) is 5.91 Å². The Labute approximate surface area is 110 Å². The van der Waals surface area contributed by atoms with Crippen LogP contribution < -0.4 is 0 Å². The summed E-state index contributed by atoms with van der Waals surface area (Å²) in [6.07, 6.45) is 0. The second-order valence-electron chi connectivity index (χ2n) is 4.36. The number of rotatable bonds is 4. The van der Waals surface area contributed by atoms with Crippen LogP contribution in [-0.2, 0) is 0 Å². The van der Waals surface area contributed by atoms with Crippen LogP contribution in [0.4, 0.5) is 4.39 Å². The van der Waals surface area contributed by atoms with Gasteiger partial charge in [0.15, 0.2) is 0 Å². The van der Waals surface area contributed by atoms with Gasteiger partial charge in [-0.1, -0.05) is 13.8 Å². The maximum absolute atomic E-state index is 13.1. The van der Waals surface area contributed by atoms with Gasteiger partial charge in [-0.2, -0.15) is 0 Å². The molecule has 1 aromatic rings. The normalized spacial score (nSPS) is 10.7. The predicted octanol–water partition coefficient (Wildman–Crippen LogP) is 3.71. The van der Waals surface area contributed by atoms with E-state index in [9.17, 15) is 9.18 Å². The molecular weight excluding hydrogens is 285 g/mol. The summed E-state index contributed by atoms with van der Waals surface area (Å²) in [7, 11) is 0. The summed E-state index contributed by atoms with van der Waals surface area (Å²) >= 11 is 3.28.